The van der Waals surface area contributed by atoms with Crippen LogP contribution in [0.15, 0.2) is 0 Å². The summed E-state index contributed by atoms with van der Waals surface area (Å²) in [5.41, 5.74) is 0. The van der Waals surface area contributed by atoms with E-state index in [1.165, 1.54) is 0 Å². The Morgan fingerprint density at radius 1 is 1.62 bits per heavy atom. The van der Waals surface area contributed by atoms with E-state index in [0.29, 0.717) is 12.5 Å². The molecule has 4 heteroatoms. The lowest BCUT2D eigenvalue weighted by atomic mass is 10.0. The Balaban J connectivity index is 2.13. The molecule has 4 nitrogen and oxygen atoms in total. The van der Waals surface area contributed by atoms with Gasteiger partial charge in [0, 0.05) is 13.2 Å². The van der Waals surface area contributed by atoms with Crippen molar-refractivity contribution in [1.82, 2.24) is 0 Å². The summed E-state index contributed by atoms with van der Waals surface area (Å²) in [5.74, 6) is -0.428. The number of carbonyl (C=O) groups is 1. The molecule has 0 spiro atoms. The van der Waals surface area contributed by atoms with Crippen LogP contribution in [0.3, 0.4) is 0 Å². The van der Waals surface area contributed by atoms with Crippen molar-refractivity contribution in [3.8, 4) is 0 Å². The minimum atomic E-state index is -0.896. The van der Waals surface area contributed by atoms with Crippen molar-refractivity contribution in [2.45, 2.75) is 25.9 Å². The highest BCUT2D eigenvalue weighted by molar-refractivity contribution is 5.71. The predicted molar refractivity (Wildman–Crippen MR) is 46.6 cm³/mol. The highest BCUT2D eigenvalue weighted by Crippen LogP contribution is 2.15. The van der Waals surface area contributed by atoms with Crippen molar-refractivity contribution in [3.63, 3.8) is 0 Å². The molecular weight excluding hydrogens is 172 g/mol. The molecule has 1 atom stereocenters. The number of hydrogen-bond acceptors (Lipinski definition) is 3. The highest BCUT2D eigenvalue weighted by atomic mass is 16.5. The van der Waals surface area contributed by atoms with Gasteiger partial charge in [0.2, 0.25) is 0 Å². The van der Waals surface area contributed by atoms with Crippen molar-refractivity contribution in [1.29, 1.82) is 0 Å². The van der Waals surface area contributed by atoms with E-state index >= 15 is 0 Å². The molecule has 0 bridgehead atoms. The molecule has 1 fully saturated rings. The van der Waals surface area contributed by atoms with E-state index < -0.39 is 12.1 Å². The molecule has 0 radical (unpaired) electrons. The summed E-state index contributed by atoms with van der Waals surface area (Å²) < 4.78 is 10.4. The third-order valence-corrected chi connectivity index (χ3v) is 2.27. The molecule has 0 aromatic carbocycles. The van der Waals surface area contributed by atoms with Crippen LogP contribution in [-0.4, -0.2) is 37.0 Å². The molecule has 0 saturated carbocycles. The zero-order valence-corrected chi connectivity index (χ0v) is 7.86. The van der Waals surface area contributed by atoms with Gasteiger partial charge in [-0.3, -0.25) is 0 Å². The zero-order valence-electron chi connectivity index (χ0n) is 7.86. The first-order chi connectivity index (χ1) is 6.20. The van der Waals surface area contributed by atoms with Crippen LogP contribution < -0.4 is 0 Å². The van der Waals surface area contributed by atoms with Gasteiger partial charge in [-0.25, -0.2) is 4.79 Å². The van der Waals surface area contributed by atoms with Crippen LogP contribution in [0.5, 0.6) is 0 Å². The Morgan fingerprint density at radius 3 is 2.77 bits per heavy atom. The second-order valence-electron chi connectivity index (χ2n) is 3.37. The summed E-state index contributed by atoms with van der Waals surface area (Å²) in [6, 6.07) is 0. The van der Waals surface area contributed by atoms with Crippen molar-refractivity contribution in [3.05, 3.63) is 0 Å². The molecule has 0 aromatic rings. The maximum Gasteiger partial charge on any atom is 0.332 e. The summed E-state index contributed by atoms with van der Waals surface area (Å²) in [5, 5.41) is 8.56. The molecule has 13 heavy (non-hydrogen) atoms. The molecule has 1 saturated heterocycles. The van der Waals surface area contributed by atoms with Crippen LogP contribution in [0.25, 0.3) is 0 Å². The number of rotatable bonds is 4. The summed E-state index contributed by atoms with van der Waals surface area (Å²) in [4.78, 5) is 10.4. The van der Waals surface area contributed by atoms with Gasteiger partial charge < -0.3 is 14.6 Å². The maximum absolute atomic E-state index is 10.4. The second kappa shape index (κ2) is 5.19. The Hall–Kier alpha value is -0.610. The van der Waals surface area contributed by atoms with Gasteiger partial charge in [-0.1, -0.05) is 0 Å². The average Bonchev–Trinajstić information content (AvgIpc) is 2.15. The lowest BCUT2D eigenvalue weighted by Crippen LogP contribution is -2.26. The van der Waals surface area contributed by atoms with Crippen LogP contribution >= 0.6 is 0 Å². The molecule has 1 N–H and O–H groups in total. The molecule has 1 rings (SSSR count). The smallest absolute Gasteiger partial charge is 0.332 e. The average molecular weight is 188 g/mol. The minimum Gasteiger partial charge on any atom is -0.479 e. The number of hydrogen-bond donors (Lipinski definition) is 1. The summed E-state index contributed by atoms with van der Waals surface area (Å²) in [6.45, 7) is 3.64. The van der Waals surface area contributed by atoms with E-state index in [4.69, 9.17) is 14.6 Å². The lowest BCUT2D eigenvalue weighted by Gasteiger charge is -2.22. The van der Waals surface area contributed by atoms with E-state index in [9.17, 15) is 4.79 Å². The van der Waals surface area contributed by atoms with Gasteiger partial charge in [0.1, 0.15) is 0 Å². The molecule has 0 amide bonds. The van der Waals surface area contributed by atoms with Crippen LogP contribution in [-0.2, 0) is 14.3 Å². The fourth-order valence-corrected chi connectivity index (χ4v) is 1.26. The Kier molecular flexibility index (Phi) is 4.18. The lowest BCUT2D eigenvalue weighted by molar-refractivity contribution is -0.150. The first-order valence-corrected chi connectivity index (χ1v) is 4.62. The van der Waals surface area contributed by atoms with Crippen LogP contribution in [0.4, 0.5) is 0 Å². The van der Waals surface area contributed by atoms with E-state index in [2.05, 4.69) is 0 Å². The summed E-state index contributed by atoms with van der Waals surface area (Å²) in [6.07, 6.45) is 1.27. The standard InChI is InChI=1S/C9H16O4/c1-7(9(10)11)13-6-8-2-4-12-5-3-8/h7-8H,2-6H2,1H3,(H,10,11)/t7-/m1/s1. The Bertz CT molecular complexity index is 163. The van der Waals surface area contributed by atoms with E-state index in [0.717, 1.165) is 26.1 Å². The fourth-order valence-electron chi connectivity index (χ4n) is 1.26. The SMILES string of the molecule is C[C@@H](OCC1CCOCC1)C(=O)O. The van der Waals surface area contributed by atoms with Gasteiger partial charge in [-0.15, -0.1) is 0 Å². The van der Waals surface area contributed by atoms with Crippen LogP contribution in [0.2, 0.25) is 0 Å². The first-order valence-electron chi connectivity index (χ1n) is 4.62. The summed E-state index contributed by atoms with van der Waals surface area (Å²) >= 11 is 0. The predicted octanol–water partition coefficient (Wildman–Crippen LogP) is 0.903. The minimum absolute atomic E-state index is 0.468. The van der Waals surface area contributed by atoms with Gasteiger partial charge >= 0.3 is 5.97 Å². The zero-order chi connectivity index (χ0) is 9.68. The monoisotopic (exact) mass is 188 g/mol. The second-order valence-corrected chi connectivity index (χ2v) is 3.37. The van der Waals surface area contributed by atoms with Gasteiger partial charge in [0.25, 0.3) is 0 Å². The van der Waals surface area contributed by atoms with E-state index in [1.54, 1.807) is 6.92 Å². The van der Waals surface area contributed by atoms with Crippen LogP contribution in [0.1, 0.15) is 19.8 Å². The normalized spacial score (nSPS) is 21.3. The Morgan fingerprint density at radius 2 is 2.23 bits per heavy atom. The maximum atomic E-state index is 10.4. The van der Waals surface area contributed by atoms with Crippen molar-refractivity contribution in [2.75, 3.05) is 19.8 Å². The first kappa shape index (κ1) is 10.5. The van der Waals surface area contributed by atoms with E-state index in [1.807, 2.05) is 0 Å². The molecule has 0 aromatic heterocycles. The van der Waals surface area contributed by atoms with Crippen molar-refractivity contribution >= 4 is 5.97 Å². The van der Waals surface area contributed by atoms with Gasteiger partial charge in [0.05, 0.1) is 6.61 Å². The third kappa shape index (κ3) is 3.74. The topological polar surface area (TPSA) is 55.8 Å². The highest BCUT2D eigenvalue weighted by Gasteiger charge is 2.17. The van der Waals surface area contributed by atoms with Gasteiger partial charge in [0.15, 0.2) is 6.10 Å². The quantitative estimate of drug-likeness (QED) is 0.712. The molecule has 0 aliphatic carbocycles. The molecule has 1 aliphatic rings. The number of carboxylic acid groups (broad SMARTS) is 1. The summed E-state index contributed by atoms with van der Waals surface area (Å²) in [7, 11) is 0. The molecular formula is C9H16O4. The van der Waals surface area contributed by atoms with Crippen molar-refractivity contribution in [2.24, 2.45) is 5.92 Å². The van der Waals surface area contributed by atoms with Gasteiger partial charge in [-0.2, -0.15) is 0 Å². The molecule has 1 heterocycles. The van der Waals surface area contributed by atoms with Crippen LogP contribution in [0, 0.1) is 5.92 Å². The Labute approximate surface area is 77.8 Å². The number of aliphatic carboxylic acids is 1. The van der Waals surface area contributed by atoms with Crippen molar-refractivity contribution < 1.29 is 19.4 Å². The number of ether oxygens (including phenoxy) is 2. The molecule has 0 unspecified atom stereocenters. The number of carboxylic acids is 1. The fraction of sp³-hybridized carbons (Fsp3) is 0.889. The van der Waals surface area contributed by atoms with E-state index in [-0.39, 0.29) is 0 Å². The molecule has 1 aliphatic heterocycles. The third-order valence-electron chi connectivity index (χ3n) is 2.27. The van der Waals surface area contributed by atoms with Gasteiger partial charge in [-0.05, 0) is 25.7 Å². The molecule has 76 valence electrons. The largest absolute Gasteiger partial charge is 0.479 e.